The van der Waals surface area contributed by atoms with Crippen LogP contribution in [-0.4, -0.2) is 37.3 Å². The molecular formula is C29H28Cl2O7. The summed E-state index contributed by atoms with van der Waals surface area (Å²) in [5.41, 5.74) is 1.78. The van der Waals surface area contributed by atoms with Crippen LogP contribution in [-0.2, 0) is 17.6 Å². The number of aliphatic carboxylic acids is 1. The lowest BCUT2D eigenvalue weighted by atomic mass is 10.0. The van der Waals surface area contributed by atoms with E-state index >= 15 is 0 Å². The van der Waals surface area contributed by atoms with Crippen molar-refractivity contribution in [1.82, 2.24) is 0 Å². The van der Waals surface area contributed by atoms with Gasteiger partial charge in [-0.15, -0.1) is 0 Å². The highest BCUT2D eigenvalue weighted by Crippen LogP contribution is 2.24. The van der Waals surface area contributed by atoms with Crippen molar-refractivity contribution in [2.75, 3.05) is 0 Å². The second kappa shape index (κ2) is 15.8. The highest BCUT2D eigenvalue weighted by molar-refractivity contribution is 6.30. The van der Waals surface area contributed by atoms with Crippen molar-refractivity contribution in [3.05, 3.63) is 118 Å². The summed E-state index contributed by atoms with van der Waals surface area (Å²) in [6, 6.07) is 23.5. The number of rotatable bonds is 5. The molecule has 0 spiro atoms. The van der Waals surface area contributed by atoms with Crippen molar-refractivity contribution >= 4 is 35.0 Å². The Morgan fingerprint density at radius 3 is 1.45 bits per heavy atom. The van der Waals surface area contributed by atoms with E-state index in [4.69, 9.17) is 43.6 Å². The maximum atomic E-state index is 12.0. The molecule has 7 nitrogen and oxygen atoms in total. The van der Waals surface area contributed by atoms with E-state index in [1.165, 1.54) is 30.3 Å². The van der Waals surface area contributed by atoms with Crippen molar-refractivity contribution in [1.29, 1.82) is 0 Å². The van der Waals surface area contributed by atoms with E-state index in [2.05, 4.69) is 0 Å². The van der Waals surface area contributed by atoms with Gasteiger partial charge in [-0.1, -0.05) is 61.0 Å². The maximum Gasteiger partial charge on any atom is 0.307 e. The molecule has 4 aromatic carbocycles. The molecule has 0 saturated carbocycles. The average Bonchev–Trinajstić information content (AvgIpc) is 2.82. The van der Waals surface area contributed by atoms with E-state index in [9.17, 15) is 14.7 Å². The van der Waals surface area contributed by atoms with Gasteiger partial charge in [0.1, 0.15) is 23.0 Å². The highest BCUT2D eigenvalue weighted by atomic mass is 35.5. The van der Waals surface area contributed by atoms with Crippen LogP contribution < -0.4 is 0 Å². The van der Waals surface area contributed by atoms with Crippen molar-refractivity contribution in [3.8, 4) is 23.0 Å². The normalized spacial score (nSPS) is 9.53. The van der Waals surface area contributed by atoms with Crippen LogP contribution in [0.1, 0.15) is 28.9 Å². The number of carbonyl (C=O) groups excluding carboxylic acids is 1. The van der Waals surface area contributed by atoms with Gasteiger partial charge in [0.15, 0.2) is 5.78 Å². The summed E-state index contributed by atoms with van der Waals surface area (Å²) in [6.07, 6.45) is 0.229. The lowest BCUT2D eigenvalue weighted by molar-refractivity contribution is -0.136. The minimum absolute atomic E-state index is 0. The molecule has 5 N–H and O–H groups in total. The first-order valence-electron chi connectivity index (χ1n) is 10.8. The first kappa shape index (κ1) is 31.8. The monoisotopic (exact) mass is 558 g/mol. The molecule has 4 aromatic rings. The summed E-state index contributed by atoms with van der Waals surface area (Å²) < 4.78 is 0. The lowest BCUT2D eigenvalue weighted by Gasteiger charge is -2.04. The van der Waals surface area contributed by atoms with Crippen molar-refractivity contribution in [2.45, 2.75) is 20.3 Å². The Kier molecular flexibility index (Phi) is 13.2. The van der Waals surface area contributed by atoms with Gasteiger partial charge in [0.05, 0.1) is 12.0 Å². The lowest BCUT2D eigenvalue weighted by Crippen LogP contribution is -2.03. The summed E-state index contributed by atoms with van der Waals surface area (Å²) in [7, 11) is 0. The zero-order valence-corrected chi connectivity index (χ0v) is 20.9. The molecule has 0 saturated heterocycles. The van der Waals surface area contributed by atoms with Gasteiger partial charge in [-0.2, -0.15) is 0 Å². The number of halogens is 2. The van der Waals surface area contributed by atoms with Crippen LogP contribution in [0.5, 0.6) is 23.0 Å². The quantitative estimate of drug-likeness (QED) is 0.168. The molecule has 9 heteroatoms. The van der Waals surface area contributed by atoms with Gasteiger partial charge in [0.2, 0.25) is 0 Å². The summed E-state index contributed by atoms with van der Waals surface area (Å²) in [5, 5.41) is 45.7. The van der Waals surface area contributed by atoms with Crippen LogP contribution in [0.15, 0.2) is 91.0 Å². The number of phenols is 4. The predicted molar refractivity (Wildman–Crippen MR) is 149 cm³/mol. The van der Waals surface area contributed by atoms with E-state index in [1.54, 1.807) is 54.6 Å². The summed E-state index contributed by atoms with van der Waals surface area (Å²) in [5.74, 6) is -1.15. The Balaban J connectivity index is 0.000000309. The fraction of sp³-hybridized carbons (Fsp3) is 0.103. The molecule has 0 aliphatic heterocycles. The minimum Gasteiger partial charge on any atom is -0.508 e. The van der Waals surface area contributed by atoms with Crippen LogP contribution >= 0.6 is 23.2 Å². The molecule has 200 valence electrons. The molecule has 0 heterocycles. The molecular weight excluding hydrogens is 531 g/mol. The summed E-state index contributed by atoms with van der Waals surface area (Å²) in [6.45, 7) is 0. The molecule has 0 amide bonds. The Morgan fingerprint density at radius 2 is 1.05 bits per heavy atom. The molecule has 0 aliphatic rings. The summed E-state index contributed by atoms with van der Waals surface area (Å²) >= 11 is 11.4. The minimum atomic E-state index is -0.827. The van der Waals surface area contributed by atoms with E-state index < -0.39 is 5.97 Å². The number of ketones is 1. The fourth-order valence-electron chi connectivity index (χ4n) is 2.91. The van der Waals surface area contributed by atoms with E-state index in [-0.39, 0.29) is 54.6 Å². The van der Waals surface area contributed by atoms with Gasteiger partial charge in [-0.05, 0) is 59.7 Å². The number of Topliss-reactive ketones (excluding diaryl/α,β-unsaturated/α-hetero) is 1. The van der Waals surface area contributed by atoms with Crippen molar-refractivity contribution in [3.63, 3.8) is 0 Å². The molecule has 0 atom stereocenters. The van der Waals surface area contributed by atoms with E-state index in [0.29, 0.717) is 10.0 Å². The van der Waals surface area contributed by atoms with Crippen molar-refractivity contribution < 1.29 is 35.1 Å². The molecule has 0 unspecified atom stereocenters. The Hall–Kier alpha value is -4.20. The van der Waals surface area contributed by atoms with Crippen LogP contribution in [0.3, 0.4) is 0 Å². The van der Waals surface area contributed by atoms with E-state index in [1.807, 2.05) is 0 Å². The Bertz CT molecular complexity index is 1300. The number of carbonyl (C=O) groups is 2. The molecule has 4 rings (SSSR count). The number of hydrogen-bond donors (Lipinski definition) is 5. The topological polar surface area (TPSA) is 135 Å². The number of aromatic hydroxyl groups is 4. The van der Waals surface area contributed by atoms with Gasteiger partial charge in [0.25, 0.3) is 0 Å². The van der Waals surface area contributed by atoms with Crippen LogP contribution in [0, 0.1) is 0 Å². The maximum absolute atomic E-state index is 12.0. The van der Waals surface area contributed by atoms with Gasteiger partial charge in [-0.25, -0.2) is 0 Å². The average molecular weight is 559 g/mol. The van der Waals surface area contributed by atoms with E-state index in [0.717, 1.165) is 17.2 Å². The number of hydrogen-bond acceptors (Lipinski definition) is 6. The second-order valence-corrected chi connectivity index (χ2v) is 8.52. The molecule has 0 fully saturated rings. The molecule has 0 radical (unpaired) electrons. The number of benzene rings is 4. The van der Waals surface area contributed by atoms with Gasteiger partial charge in [0, 0.05) is 28.6 Å². The van der Waals surface area contributed by atoms with Crippen LogP contribution in [0.4, 0.5) is 0 Å². The third kappa shape index (κ3) is 11.7. The number of carboxylic acid groups (broad SMARTS) is 1. The smallest absolute Gasteiger partial charge is 0.307 e. The molecule has 0 bridgehead atoms. The van der Waals surface area contributed by atoms with Gasteiger partial charge < -0.3 is 25.5 Å². The Labute approximate surface area is 230 Å². The Morgan fingerprint density at radius 1 is 0.605 bits per heavy atom. The first-order valence-corrected chi connectivity index (χ1v) is 11.5. The molecule has 38 heavy (non-hydrogen) atoms. The van der Waals surface area contributed by atoms with Crippen LogP contribution in [0.2, 0.25) is 10.0 Å². The highest BCUT2D eigenvalue weighted by Gasteiger charge is 2.12. The van der Waals surface area contributed by atoms with Gasteiger partial charge in [-0.3, -0.25) is 9.59 Å². The fourth-order valence-corrected chi connectivity index (χ4v) is 3.16. The number of carboxylic acids is 1. The number of phenolic OH excluding ortho intramolecular Hbond substituents is 4. The standard InChI is InChI=1S/C14H11ClO3.C8H7ClO2.C6H6O2.CH4/c15-10-3-1-9(2-4-10)7-13(17)12-6-5-11(16)8-14(12)18;9-7-3-1-6(2-4-7)5-8(10)11;7-5-2-1-3-6(8)4-5;/h1-6,8,16,18H,7H2;1-4H,5H2,(H,10,11);1-4,7-8H;1H4. The third-order valence-corrected chi connectivity index (χ3v) is 5.16. The largest absolute Gasteiger partial charge is 0.508 e. The zero-order chi connectivity index (χ0) is 27.4. The zero-order valence-electron chi connectivity index (χ0n) is 19.4. The predicted octanol–water partition coefficient (Wildman–Crippen LogP) is 6.88. The van der Waals surface area contributed by atoms with Crippen LogP contribution in [0.25, 0.3) is 0 Å². The summed E-state index contributed by atoms with van der Waals surface area (Å²) in [4.78, 5) is 22.2. The second-order valence-electron chi connectivity index (χ2n) is 7.64. The molecule has 0 aliphatic carbocycles. The molecule has 0 aromatic heterocycles. The van der Waals surface area contributed by atoms with Gasteiger partial charge >= 0.3 is 5.97 Å². The third-order valence-electron chi connectivity index (χ3n) is 4.66. The first-order chi connectivity index (χ1) is 17.5. The van der Waals surface area contributed by atoms with Crippen molar-refractivity contribution in [2.24, 2.45) is 0 Å². The SMILES string of the molecule is C.O=C(Cc1ccc(Cl)cc1)c1ccc(O)cc1O.O=C(O)Cc1ccc(Cl)cc1.Oc1cccc(O)c1.